The van der Waals surface area contributed by atoms with E-state index in [1.165, 1.54) is 35.3 Å². The topological polar surface area (TPSA) is 15.3 Å². The molecule has 1 aliphatic rings. The molecule has 1 unspecified atom stereocenters. The minimum Gasteiger partial charge on any atom is -0.313 e. The largest absolute Gasteiger partial charge is 0.313 e. The lowest BCUT2D eigenvalue weighted by Gasteiger charge is -2.28. The SMILES string of the molecule is CC(C)N(Cc1cc(Br)cs1)CC1CCCN1. The molecule has 4 heteroatoms. The molecular formula is C13H21BrN2S. The highest BCUT2D eigenvalue weighted by Crippen LogP contribution is 2.22. The quantitative estimate of drug-likeness (QED) is 0.894. The summed E-state index contributed by atoms with van der Waals surface area (Å²) in [5.74, 6) is 0. The van der Waals surface area contributed by atoms with Crippen molar-refractivity contribution in [3.05, 3.63) is 20.8 Å². The summed E-state index contributed by atoms with van der Waals surface area (Å²) in [4.78, 5) is 4.02. The zero-order chi connectivity index (χ0) is 12.3. The zero-order valence-corrected chi connectivity index (χ0v) is 13.0. The number of nitrogens with one attached hydrogen (secondary N) is 1. The lowest BCUT2D eigenvalue weighted by atomic mass is 10.2. The van der Waals surface area contributed by atoms with E-state index in [9.17, 15) is 0 Å². The molecule has 17 heavy (non-hydrogen) atoms. The van der Waals surface area contributed by atoms with Crippen molar-refractivity contribution in [1.82, 2.24) is 10.2 Å². The first-order valence-electron chi connectivity index (χ1n) is 6.35. The Morgan fingerprint density at radius 1 is 1.59 bits per heavy atom. The average molecular weight is 317 g/mol. The standard InChI is InChI=1S/C13H21BrN2S/c1-10(2)16(7-12-4-3-5-15-12)8-13-6-11(14)9-17-13/h6,9-10,12,15H,3-5,7-8H2,1-2H3. The van der Waals surface area contributed by atoms with Crippen molar-refractivity contribution < 1.29 is 0 Å². The van der Waals surface area contributed by atoms with Crippen molar-refractivity contribution in [2.24, 2.45) is 0 Å². The van der Waals surface area contributed by atoms with E-state index in [0.29, 0.717) is 12.1 Å². The third-order valence-corrected chi connectivity index (χ3v) is 5.01. The molecule has 0 spiro atoms. The molecule has 2 heterocycles. The molecule has 0 aliphatic carbocycles. The molecule has 1 aromatic rings. The fraction of sp³-hybridized carbons (Fsp3) is 0.692. The van der Waals surface area contributed by atoms with Crippen LogP contribution in [0.2, 0.25) is 0 Å². The van der Waals surface area contributed by atoms with E-state index in [1.54, 1.807) is 0 Å². The van der Waals surface area contributed by atoms with Crippen LogP contribution < -0.4 is 5.32 Å². The van der Waals surface area contributed by atoms with E-state index < -0.39 is 0 Å². The Morgan fingerprint density at radius 3 is 2.94 bits per heavy atom. The Kier molecular flexibility index (Phi) is 5.03. The summed E-state index contributed by atoms with van der Waals surface area (Å²) < 4.78 is 1.21. The van der Waals surface area contributed by atoms with Crippen LogP contribution in [0.3, 0.4) is 0 Å². The van der Waals surface area contributed by atoms with Crippen LogP contribution in [0.4, 0.5) is 0 Å². The molecule has 2 rings (SSSR count). The lowest BCUT2D eigenvalue weighted by molar-refractivity contribution is 0.196. The number of nitrogens with zero attached hydrogens (tertiary/aromatic N) is 1. The van der Waals surface area contributed by atoms with Gasteiger partial charge in [-0.2, -0.15) is 0 Å². The molecule has 0 aromatic carbocycles. The molecule has 96 valence electrons. The fourth-order valence-corrected chi connectivity index (χ4v) is 3.77. The highest BCUT2D eigenvalue weighted by molar-refractivity contribution is 9.10. The van der Waals surface area contributed by atoms with E-state index >= 15 is 0 Å². The van der Waals surface area contributed by atoms with Gasteiger partial charge in [0.2, 0.25) is 0 Å². The van der Waals surface area contributed by atoms with Crippen LogP contribution in [-0.4, -0.2) is 30.1 Å². The number of hydrogen-bond acceptors (Lipinski definition) is 3. The van der Waals surface area contributed by atoms with E-state index in [-0.39, 0.29) is 0 Å². The molecule has 1 aliphatic heterocycles. The monoisotopic (exact) mass is 316 g/mol. The van der Waals surface area contributed by atoms with Crippen molar-refractivity contribution in [1.29, 1.82) is 0 Å². The van der Waals surface area contributed by atoms with E-state index in [1.807, 2.05) is 11.3 Å². The van der Waals surface area contributed by atoms with Gasteiger partial charge in [0.05, 0.1) is 0 Å². The summed E-state index contributed by atoms with van der Waals surface area (Å²) in [6, 6.07) is 3.54. The second kappa shape index (κ2) is 6.32. The molecule has 1 saturated heterocycles. The lowest BCUT2D eigenvalue weighted by Crippen LogP contribution is -2.40. The Bertz CT molecular complexity index is 345. The highest BCUT2D eigenvalue weighted by Gasteiger charge is 2.20. The average Bonchev–Trinajstić information content (AvgIpc) is 2.89. The Labute approximate surface area is 117 Å². The van der Waals surface area contributed by atoms with Gasteiger partial charge in [0, 0.05) is 39.9 Å². The van der Waals surface area contributed by atoms with Crippen LogP contribution >= 0.6 is 27.3 Å². The van der Waals surface area contributed by atoms with Crippen molar-refractivity contribution in [2.75, 3.05) is 13.1 Å². The molecule has 0 radical (unpaired) electrons. The molecule has 1 N–H and O–H groups in total. The molecule has 0 bridgehead atoms. The second-order valence-electron chi connectivity index (χ2n) is 5.05. The maximum absolute atomic E-state index is 3.59. The summed E-state index contributed by atoms with van der Waals surface area (Å²) in [6.07, 6.45) is 2.67. The van der Waals surface area contributed by atoms with Crippen molar-refractivity contribution >= 4 is 27.3 Å². The van der Waals surface area contributed by atoms with Gasteiger partial charge in [-0.3, -0.25) is 4.90 Å². The first-order valence-corrected chi connectivity index (χ1v) is 8.03. The van der Waals surface area contributed by atoms with Crippen LogP contribution in [0.15, 0.2) is 15.9 Å². The fourth-order valence-electron chi connectivity index (χ4n) is 2.29. The molecule has 0 amide bonds. The molecule has 1 aromatic heterocycles. The normalized spacial score (nSPS) is 20.6. The summed E-state index contributed by atoms with van der Waals surface area (Å²) in [7, 11) is 0. The first kappa shape index (κ1) is 13.5. The number of halogens is 1. The molecule has 2 nitrogen and oxygen atoms in total. The van der Waals surface area contributed by atoms with Crippen LogP contribution in [-0.2, 0) is 6.54 Å². The Morgan fingerprint density at radius 2 is 2.41 bits per heavy atom. The maximum Gasteiger partial charge on any atom is 0.0331 e. The maximum atomic E-state index is 3.59. The van der Waals surface area contributed by atoms with Gasteiger partial charge in [0.15, 0.2) is 0 Å². The molecular weight excluding hydrogens is 296 g/mol. The first-order chi connectivity index (χ1) is 8.15. The van der Waals surface area contributed by atoms with Gasteiger partial charge in [-0.15, -0.1) is 11.3 Å². The van der Waals surface area contributed by atoms with E-state index in [2.05, 4.69) is 51.4 Å². The minimum absolute atomic E-state index is 0.610. The second-order valence-corrected chi connectivity index (χ2v) is 6.96. The number of rotatable bonds is 5. The molecule has 1 fully saturated rings. The van der Waals surface area contributed by atoms with Crippen LogP contribution in [0, 0.1) is 0 Å². The van der Waals surface area contributed by atoms with E-state index in [0.717, 1.165) is 6.54 Å². The van der Waals surface area contributed by atoms with Crippen LogP contribution in [0.25, 0.3) is 0 Å². The van der Waals surface area contributed by atoms with Crippen LogP contribution in [0.5, 0.6) is 0 Å². The van der Waals surface area contributed by atoms with Gasteiger partial charge < -0.3 is 5.32 Å². The summed E-state index contributed by atoms with van der Waals surface area (Å²) in [5, 5.41) is 5.75. The van der Waals surface area contributed by atoms with Gasteiger partial charge >= 0.3 is 0 Å². The molecule has 1 atom stereocenters. The minimum atomic E-state index is 0.610. The van der Waals surface area contributed by atoms with Crippen molar-refractivity contribution in [2.45, 2.75) is 45.3 Å². The van der Waals surface area contributed by atoms with Gasteiger partial charge in [0.25, 0.3) is 0 Å². The Hall–Kier alpha value is 0.1000. The molecule has 0 saturated carbocycles. The third-order valence-electron chi connectivity index (χ3n) is 3.33. The predicted molar refractivity (Wildman–Crippen MR) is 78.6 cm³/mol. The number of thiophene rings is 1. The van der Waals surface area contributed by atoms with Gasteiger partial charge in [-0.1, -0.05) is 0 Å². The smallest absolute Gasteiger partial charge is 0.0331 e. The van der Waals surface area contributed by atoms with Gasteiger partial charge in [0.1, 0.15) is 0 Å². The third kappa shape index (κ3) is 4.05. The number of hydrogen-bond donors (Lipinski definition) is 1. The van der Waals surface area contributed by atoms with Crippen LogP contribution in [0.1, 0.15) is 31.6 Å². The van der Waals surface area contributed by atoms with Gasteiger partial charge in [-0.25, -0.2) is 0 Å². The zero-order valence-electron chi connectivity index (χ0n) is 10.6. The van der Waals surface area contributed by atoms with Crippen molar-refractivity contribution in [3.8, 4) is 0 Å². The highest BCUT2D eigenvalue weighted by atomic mass is 79.9. The van der Waals surface area contributed by atoms with Gasteiger partial charge in [-0.05, 0) is 55.2 Å². The summed E-state index contributed by atoms with van der Waals surface area (Å²) in [6.45, 7) is 8.02. The Balaban J connectivity index is 1.92. The summed E-state index contributed by atoms with van der Waals surface area (Å²) >= 11 is 5.37. The van der Waals surface area contributed by atoms with Crippen molar-refractivity contribution in [3.63, 3.8) is 0 Å². The predicted octanol–water partition coefficient (Wildman–Crippen LogP) is 3.47. The summed E-state index contributed by atoms with van der Waals surface area (Å²) in [5.41, 5.74) is 0. The van der Waals surface area contributed by atoms with E-state index in [4.69, 9.17) is 0 Å².